The molecule has 2 aliphatic rings. The van der Waals surface area contributed by atoms with Gasteiger partial charge in [-0.3, -0.25) is 0 Å². The number of piperidine rings is 1. The Morgan fingerprint density at radius 1 is 1.50 bits per heavy atom. The summed E-state index contributed by atoms with van der Waals surface area (Å²) < 4.78 is 14.1. The first-order chi connectivity index (χ1) is 7.79. The summed E-state index contributed by atoms with van der Waals surface area (Å²) in [5.41, 5.74) is 0.550. The molecule has 16 heavy (non-hydrogen) atoms. The van der Waals surface area contributed by atoms with Crippen LogP contribution in [0.3, 0.4) is 0 Å². The number of hydrogen-bond acceptors (Lipinski definition) is 2. The van der Waals surface area contributed by atoms with Crippen LogP contribution in [0, 0.1) is 11.7 Å². The number of rotatable bonds is 2. The Morgan fingerprint density at radius 3 is 3.00 bits per heavy atom. The van der Waals surface area contributed by atoms with E-state index in [1.54, 1.807) is 12.3 Å². The second-order valence-corrected chi connectivity index (χ2v) is 4.99. The molecule has 2 atom stereocenters. The molecule has 0 aromatic carbocycles. The second-order valence-electron chi connectivity index (χ2n) is 4.73. The smallest absolute Gasteiger partial charge is 0.170 e. The summed E-state index contributed by atoms with van der Waals surface area (Å²) in [7, 11) is 0. The highest BCUT2D eigenvalue weighted by molar-refractivity contribution is 6.17. The average molecular weight is 241 g/mol. The molecule has 1 aromatic heterocycles. The molecular weight excluding hydrogens is 227 g/mol. The first-order valence-electron chi connectivity index (χ1n) is 5.75. The van der Waals surface area contributed by atoms with Crippen LogP contribution in [0.4, 0.5) is 10.2 Å². The van der Waals surface area contributed by atoms with Gasteiger partial charge in [0.05, 0.1) is 5.88 Å². The van der Waals surface area contributed by atoms with Crippen LogP contribution in [0.15, 0.2) is 12.3 Å². The lowest BCUT2D eigenvalue weighted by Gasteiger charge is -2.28. The van der Waals surface area contributed by atoms with Crippen LogP contribution in [0.25, 0.3) is 0 Å². The van der Waals surface area contributed by atoms with Crippen LogP contribution in [-0.2, 0) is 5.88 Å². The van der Waals surface area contributed by atoms with Gasteiger partial charge in [0.2, 0.25) is 0 Å². The summed E-state index contributed by atoms with van der Waals surface area (Å²) in [6.07, 6.45) is 5.32. The lowest BCUT2D eigenvalue weighted by Crippen LogP contribution is -2.33. The minimum Gasteiger partial charge on any atom is -0.351 e. The van der Waals surface area contributed by atoms with Gasteiger partial charge in [0, 0.05) is 24.3 Å². The molecule has 2 bridgehead atoms. The van der Waals surface area contributed by atoms with E-state index in [0.717, 1.165) is 12.5 Å². The molecule has 2 heterocycles. The van der Waals surface area contributed by atoms with E-state index in [1.807, 2.05) is 0 Å². The molecule has 1 saturated heterocycles. The zero-order valence-corrected chi connectivity index (χ0v) is 9.75. The van der Waals surface area contributed by atoms with Crippen LogP contribution < -0.4 is 4.90 Å². The summed E-state index contributed by atoms with van der Waals surface area (Å²) >= 11 is 5.70. The molecule has 86 valence electrons. The summed E-state index contributed by atoms with van der Waals surface area (Å²) in [5.74, 6) is 1.23. The van der Waals surface area contributed by atoms with Gasteiger partial charge in [0.15, 0.2) is 11.6 Å². The highest BCUT2D eigenvalue weighted by Gasteiger charge is 2.39. The molecule has 0 amide bonds. The molecule has 2 fully saturated rings. The third-order valence-electron chi connectivity index (χ3n) is 3.78. The molecule has 1 aliphatic heterocycles. The summed E-state index contributed by atoms with van der Waals surface area (Å²) in [6, 6.07) is 2.15. The number of alkyl halides is 1. The van der Waals surface area contributed by atoms with E-state index in [-0.39, 0.29) is 11.7 Å². The van der Waals surface area contributed by atoms with E-state index < -0.39 is 0 Å². The molecule has 1 aromatic rings. The van der Waals surface area contributed by atoms with Gasteiger partial charge in [-0.1, -0.05) is 0 Å². The molecule has 0 radical (unpaired) electrons. The Labute approximate surface area is 99.4 Å². The highest BCUT2D eigenvalue weighted by atomic mass is 35.5. The zero-order chi connectivity index (χ0) is 11.1. The predicted octanol–water partition coefficient (Wildman–Crippen LogP) is 2.95. The van der Waals surface area contributed by atoms with Gasteiger partial charge in [-0.25, -0.2) is 9.37 Å². The predicted molar refractivity (Wildman–Crippen MR) is 62.2 cm³/mol. The van der Waals surface area contributed by atoms with Crippen LogP contribution in [0.5, 0.6) is 0 Å². The lowest BCUT2D eigenvalue weighted by atomic mass is 10.1. The van der Waals surface area contributed by atoms with E-state index in [2.05, 4.69) is 9.88 Å². The van der Waals surface area contributed by atoms with Crippen molar-refractivity contribution >= 4 is 17.4 Å². The van der Waals surface area contributed by atoms with Crippen LogP contribution >= 0.6 is 11.6 Å². The zero-order valence-electron chi connectivity index (χ0n) is 9.00. The number of anilines is 1. The van der Waals surface area contributed by atoms with Crippen LogP contribution in [0.1, 0.15) is 24.8 Å². The molecular formula is C12H14ClFN2. The Bertz CT molecular complexity index is 410. The molecule has 3 rings (SSSR count). The third kappa shape index (κ3) is 1.49. The lowest BCUT2D eigenvalue weighted by molar-refractivity contribution is 0.532. The van der Waals surface area contributed by atoms with Crippen LogP contribution in [-0.4, -0.2) is 17.6 Å². The van der Waals surface area contributed by atoms with Gasteiger partial charge >= 0.3 is 0 Å². The van der Waals surface area contributed by atoms with E-state index in [4.69, 9.17) is 11.6 Å². The number of nitrogens with zero attached hydrogens (tertiary/aromatic N) is 2. The van der Waals surface area contributed by atoms with Crippen molar-refractivity contribution in [2.75, 3.05) is 11.4 Å². The minimum atomic E-state index is -0.231. The van der Waals surface area contributed by atoms with Crippen LogP contribution in [0.2, 0.25) is 0 Å². The normalized spacial score (nSPS) is 27.8. The fourth-order valence-electron chi connectivity index (χ4n) is 2.96. The van der Waals surface area contributed by atoms with Crippen molar-refractivity contribution in [2.45, 2.75) is 31.2 Å². The number of halogens is 2. The maximum absolute atomic E-state index is 14.1. The Kier molecular flexibility index (Phi) is 2.51. The Hall–Kier alpha value is -0.830. The molecule has 1 aliphatic carbocycles. The van der Waals surface area contributed by atoms with Gasteiger partial charge < -0.3 is 4.90 Å². The molecule has 2 nitrogen and oxygen atoms in total. The summed E-state index contributed by atoms with van der Waals surface area (Å²) in [5, 5.41) is 0. The van der Waals surface area contributed by atoms with Crippen molar-refractivity contribution in [2.24, 2.45) is 5.92 Å². The monoisotopic (exact) mass is 240 g/mol. The standard InChI is InChI=1S/C12H14ClFN2/c13-6-9-3-4-15-12(11(9)14)16-7-8-1-2-10(16)5-8/h3-4,8,10H,1-2,5-7H2. The first-order valence-corrected chi connectivity index (χ1v) is 6.29. The van der Waals surface area contributed by atoms with Crippen molar-refractivity contribution in [3.8, 4) is 0 Å². The minimum absolute atomic E-state index is 0.212. The van der Waals surface area contributed by atoms with Gasteiger partial charge in [-0.2, -0.15) is 0 Å². The Morgan fingerprint density at radius 2 is 2.38 bits per heavy atom. The van der Waals surface area contributed by atoms with Gasteiger partial charge in [-0.15, -0.1) is 11.6 Å². The number of aromatic nitrogens is 1. The van der Waals surface area contributed by atoms with Crippen molar-refractivity contribution < 1.29 is 4.39 Å². The van der Waals surface area contributed by atoms with Crippen molar-refractivity contribution in [1.82, 2.24) is 4.98 Å². The highest BCUT2D eigenvalue weighted by Crippen LogP contribution is 2.40. The van der Waals surface area contributed by atoms with E-state index in [9.17, 15) is 4.39 Å². The van der Waals surface area contributed by atoms with Gasteiger partial charge in [0.1, 0.15) is 0 Å². The maximum Gasteiger partial charge on any atom is 0.170 e. The molecule has 0 N–H and O–H groups in total. The number of pyridine rings is 1. The Balaban J connectivity index is 1.95. The SMILES string of the molecule is Fc1c(CCl)ccnc1N1CC2CCC1C2. The molecule has 1 saturated carbocycles. The molecule has 0 spiro atoms. The fraction of sp³-hybridized carbons (Fsp3) is 0.583. The first kappa shape index (κ1) is 10.3. The summed E-state index contributed by atoms with van der Waals surface area (Å²) in [6.45, 7) is 0.959. The van der Waals surface area contributed by atoms with E-state index in [0.29, 0.717) is 17.4 Å². The quantitative estimate of drug-likeness (QED) is 0.739. The maximum atomic E-state index is 14.1. The number of hydrogen-bond donors (Lipinski definition) is 0. The van der Waals surface area contributed by atoms with E-state index >= 15 is 0 Å². The molecule has 4 heteroatoms. The van der Waals surface area contributed by atoms with Gasteiger partial charge in [0.25, 0.3) is 0 Å². The summed E-state index contributed by atoms with van der Waals surface area (Å²) in [4.78, 5) is 6.30. The van der Waals surface area contributed by atoms with E-state index in [1.165, 1.54) is 19.3 Å². The van der Waals surface area contributed by atoms with Crippen molar-refractivity contribution in [3.05, 3.63) is 23.6 Å². The largest absolute Gasteiger partial charge is 0.351 e. The topological polar surface area (TPSA) is 16.1 Å². The molecule has 2 unspecified atom stereocenters. The number of fused-ring (bicyclic) bond motifs is 2. The van der Waals surface area contributed by atoms with Crippen molar-refractivity contribution in [3.63, 3.8) is 0 Å². The second kappa shape index (κ2) is 3.88. The fourth-order valence-corrected chi connectivity index (χ4v) is 3.17. The van der Waals surface area contributed by atoms with Crippen molar-refractivity contribution in [1.29, 1.82) is 0 Å². The van der Waals surface area contributed by atoms with Gasteiger partial charge in [-0.05, 0) is 31.2 Å². The average Bonchev–Trinajstić information content (AvgIpc) is 2.91. The third-order valence-corrected chi connectivity index (χ3v) is 4.06.